The molecule has 0 spiro atoms. The lowest BCUT2D eigenvalue weighted by Crippen LogP contribution is -2.40. The molecular weight excluding hydrogens is 584 g/mol. The predicted octanol–water partition coefficient (Wildman–Crippen LogP) is 6.90. The molecule has 1 aliphatic rings. The molecule has 4 aromatic carbocycles. The molecule has 0 bridgehead atoms. The number of fused-ring (bicyclic) bond motifs is 2. The van der Waals surface area contributed by atoms with E-state index in [-0.39, 0.29) is 5.56 Å². The molecule has 5 nitrogen and oxygen atoms in total. The highest BCUT2D eigenvalue weighted by Gasteiger charge is 2.33. The highest BCUT2D eigenvalue weighted by molar-refractivity contribution is 7.98. The van der Waals surface area contributed by atoms with E-state index in [1.807, 2.05) is 79.7 Å². The van der Waals surface area contributed by atoms with Crippen LogP contribution in [0.4, 0.5) is 0 Å². The monoisotopic (exact) mass is 610 g/mol. The van der Waals surface area contributed by atoms with Gasteiger partial charge in [-0.05, 0) is 58.2 Å². The van der Waals surface area contributed by atoms with Gasteiger partial charge >= 0.3 is 5.97 Å². The lowest BCUT2D eigenvalue weighted by atomic mass is 9.95. The third-order valence-corrected chi connectivity index (χ3v) is 9.66. The van der Waals surface area contributed by atoms with E-state index in [1.54, 1.807) is 16.3 Å². The van der Waals surface area contributed by atoms with E-state index in [0.29, 0.717) is 27.0 Å². The van der Waals surface area contributed by atoms with Gasteiger partial charge in [0.15, 0.2) is 4.80 Å². The molecule has 0 aliphatic carbocycles. The Morgan fingerprint density at radius 2 is 1.71 bits per heavy atom. The fraction of sp³-hybridized carbons (Fsp3) is 0.147. The molecule has 42 heavy (non-hydrogen) atoms. The molecule has 210 valence electrons. The van der Waals surface area contributed by atoms with Gasteiger partial charge in [0.1, 0.15) is 0 Å². The summed E-state index contributed by atoms with van der Waals surface area (Å²) in [5.41, 5.74) is 3.83. The van der Waals surface area contributed by atoms with Gasteiger partial charge in [0.05, 0.1) is 29.0 Å². The van der Waals surface area contributed by atoms with Gasteiger partial charge in [-0.2, -0.15) is 0 Å². The first-order valence-corrected chi connectivity index (χ1v) is 15.7. The maximum absolute atomic E-state index is 14.0. The van der Waals surface area contributed by atoms with Crippen LogP contribution in [0.25, 0.3) is 16.8 Å². The number of nitrogens with zero attached hydrogens (tertiary/aromatic N) is 2. The van der Waals surface area contributed by atoms with Gasteiger partial charge in [-0.15, -0.1) is 11.8 Å². The molecule has 0 N–H and O–H groups in total. The van der Waals surface area contributed by atoms with Crippen molar-refractivity contribution in [3.05, 3.63) is 144 Å². The Kier molecular flexibility index (Phi) is 8.16. The van der Waals surface area contributed by atoms with Crippen LogP contribution in [-0.2, 0) is 15.3 Å². The van der Waals surface area contributed by atoms with E-state index in [1.165, 1.54) is 28.9 Å². The van der Waals surface area contributed by atoms with E-state index >= 15 is 0 Å². The quantitative estimate of drug-likeness (QED) is 0.149. The minimum atomic E-state index is -0.615. The summed E-state index contributed by atoms with van der Waals surface area (Å²) >= 11 is 9.17. The maximum Gasteiger partial charge on any atom is 0.338 e. The average molecular weight is 611 g/mol. The molecule has 1 aromatic heterocycles. The van der Waals surface area contributed by atoms with Gasteiger partial charge in [0, 0.05) is 15.7 Å². The number of halogens is 1. The first-order chi connectivity index (χ1) is 20.5. The molecule has 0 unspecified atom stereocenters. The molecule has 8 heteroatoms. The number of hydrogen-bond donors (Lipinski definition) is 0. The Balaban J connectivity index is 1.46. The fourth-order valence-electron chi connectivity index (χ4n) is 5.24. The van der Waals surface area contributed by atoms with Gasteiger partial charge < -0.3 is 4.74 Å². The van der Waals surface area contributed by atoms with Crippen molar-refractivity contribution in [2.45, 2.75) is 30.0 Å². The Hall–Kier alpha value is -3.91. The van der Waals surface area contributed by atoms with E-state index in [4.69, 9.17) is 21.3 Å². The number of hydrogen-bond acceptors (Lipinski definition) is 6. The number of esters is 1. The largest absolute Gasteiger partial charge is 0.466 e. The standard InChI is InChI=1S/C34H27ClN2O3S2/c1-3-27-30(33(39)40-2)31(22-9-5-4-6-10-22)37-32(38)29(42-34(37)36-27)19-23-15-18-28(26-12-8-7-11-25(23)26)41-20-21-13-16-24(35)17-14-21/h4-19,31H,3,20H2,1-2H3/b29-19-/t31-/m0/s1. The second kappa shape index (κ2) is 12.1. The van der Waals surface area contributed by atoms with Crippen LogP contribution < -0.4 is 14.9 Å². The molecule has 0 fully saturated rings. The van der Waals surface area contributed by atoms with Gasteiger partial charge in [0.25, 0.3) is 5.56 Å². The van der Waals surface area contributed by atoms with Gasteiger partial charge in [-0.25, -0.2) is 9.79 Å². The van der Waals surface area contributed by atoms with Crippen molar-refractivity contribution in [2.75, 3.05) is 7.11 Å². The number of carbonyl (C=O) groups excluding carboxylic acids is 1. The summed E-state index contributed by atoms with van der Waals surface area (Å²) in [6, 6.07) is 29.3. The predicted molar refractivity (Wildman–Crippen MR) is 172 cm³/mol. The number of rotatable bonds is 7. The van der Waals surface area contributed by atoms with Crippen LogP contribution in [0.5, 0.6) is 0 Å². The van der Waals surface area contributed by atoms with Crippen molar-refractivity contribution in [3.63, 3.8) is 0 Å². The minimum Gasteiger partial charge on any atom is -0.466 e. The van der Waals surface area contributed by atoms with Crippen molar-refractivity contribution in [1.29, 1.82) is 0 Å². The molecule has 0 amide bonds. The zero-order valence-electron chi connectivity index (χ0n) is 23.0. The lowest BCUT2D eigenvalue weighted by Gasteiger charge is -2.25. The molecule has 0 saturated carbocycles. The Labute approximate surface area is 256 Å². The summed E-state index contributed by atoms with van der Waals surface area (Å²) in [4.78, 5) is 33.6. The number of carbonyl (C=O) groups is 1. The summed E-state index contributed by atoms with van der Waals surface area (Å²) in [6.45, 7) is 1.96. The second-order valence-electron chi connectivity index (χ2n) is 9.81. The lowest BCUT2D eigenvalue weighted by molar-refractivity contribution is -0.136. The summed E-state index contributed by atoms with van der Waals surface area (Å²) in [7, 11) is 1.36. The number of benzene rings is 4. The molecule has 1 atom stereocenters. The highest BCUT2D eigenvalue weighted by atomic mass is 35.5. The third kappa shape index (κ3) is 5.36. The molecule has 2 heterocycles. The van der Waals surface area contributed by atoms with Crippen molar-refractivity contribution in [2.24, 2.45) is 4.99 Å². The number of ether oxygens (including phenoxy) is 1. The smallest absolute Gasteiger partial charge is 0.338 e. The zero-order valence-corrected chi connectivity index (χ0v) is 25.4. The molecule has 6 rings (SSSR count). The summed E-state index contributed by atoms with van der Waals surface area (Å²) in [5.74, 6) is 0.345. The number of thiazole rings is 1. The maximum atomic E-state index is 14.0. The summed E-state index contributed by atoms with van der Waals surface area (Å²) in [6.07, 6.45) is 2.48. The number of aromatic nitrogens is 1. The normalized spacial score (nSPS) is 15.0. The van der Waals surface area contributed by atoms with Gasteiger partial charge in [-0.3, -0.25) is 9.36 Å². The topological polar surface area (TPSA) is 60.7 Å². The number of thioether (sulfide) groups is 1. The Morgan fingerprint density at radius 1 is 1.00 bits per heavy atom. The Bertz CT molecular complexity index is 2010. The van der Waals surface area contributed by atoms with E-state index in [9.17, 15) is 9.59 Å². The van der Waals surface area contributed by atoms with E-state index in [0.717, 1.165) is 32.7 Å². The first-order valence-electron chi connectivity index (χ1n) is 13.6. The van der Waals surface area contributed by atoms with Crippen LogP contribution >= 0.6 is 34.7 Å². The number of allylic oxidation sites excluding steroid dienone is 1. The third-order valence-electron chi connectivity index (χ3n) is 7.28. The van der Waals surface area contributed by atoms with Crippen LogP contribution in [0, 0.1) is 0 Å². The van der Waals surface area contributed by atoms with Crippen molar-refractivity contribution >= 4 is 57.5 Å². The van der Waals surface area contributed by atoms with Crippen LogP contribution in [-0.4, -0.2) is 17.6 Å². The molecular formula is C34H27ClN2O3S2. The Morgan fingerprint density at radius 3 is 2.43 bits per heavy atom. The minimum absolute atomic E-state index is 0.186. The molecule has 0 radical (unpaired) electrons. The molecule has 0 saturated heterocycles. The van der Waals surface area contributed by atoms with Crippen LogP contribution in [0.1, 0.15) is 36.1 Å². The molecule has 1 aliphatic heterocycles. The summed E-state index contributed by atoms with van der Waals surface area (Å²) < 4.78 is 7.35. The van der Waals surface area contributed by atoms with Crippen molar-refractivity contribution in [3.8, 4) is 0 Å². The highest BCUT2D eigenvalue weighted by Crippen LogP contribution is 2.34. The van der Waals surface area contributed by atoms with E-state index in [2.05, 4.69) is 24.3 Å². The van der Waals surface area contributed by atoms with Crippen molar-refractivity contribution in [1.82, 2.24) is 4.57 Å². The number of methoxy groups -OCH3 is 1. The van der Waals surface area contributed by atoms with Crippen LogP contribution in [0.2, 0.25) is 5.02 Å². The van der Waals surface area contributed by atoms with Crippen LogP contribution in [0.15, 0.2) is 117 Å². The van der Waals surface area contributed by atoms with Crippen LogP contribution in [0.3, 0.4) is 0 Å². The zero-order chi connectivity index (χ0) is 29.2. The summed E-state index contributed by atoms with van der Waals surface area (Å²) in [5, 5.41) is 2.92. The van der Waals surface area contributed by atoms with Gasteiger partial charge in [0.2, 0.25) is 0 Å². The van der Waals surface area contributed by atoms with E-state index < -0.39 is 12.0 Å². The SMILES string of the molecule is CCC1=C(C(=O)OC)[C@H](c2ccccc2)n2c(s/c(=C\c3ccc(SCc4ccc(Cl)cc4)c4ccccc34)c2=O)=N1. The van der Waals surface area contributed by atoms with Gasteiger partial charge in [-0.1, -0.05) is 103 Å². The van der Waals surface area contributed by atoms with Crippen molar-refractivity contribution < 1.29 is 9.53 Å². The second-order valence-corrected chi connectivity index (χ2v) is 12.3. The molecule has 5 aromatic rings. The fourth-order valence-corrected chi connectivity index (χ4v) is 7.39. The first kappa shape index (κ1) is 28.2. The average Bonchev–Trinajstić information content (AvgIpc) is 3.34.